The summed E-state index contributed by atoms with van der Waals surface area (Å²) in [6.07, 6.45) is 2.12. The Morgan fingerprint density at radius 1 is 1.26 bits per heavy atom. The highest BCUT2D eigenvalue weighted by atomic mass is 32.2. The van der Waals surface area contributed by atoms with Crippen LogP contribution in [0.25, 0.3) is 0 Å². The van der Waals surface area contributed by atoms with Crippen LogP contribution >= 0.6 is 0 Å². The van der Waals surface area contributed by atoms with Gasteiger partial charge in [0, 0.05) is 0 Å². The number of ether oxygens (including phenoxy) is 3. The third-order valence-corrected chi connectivity index (χ3v) is 5.63. The molecule has 5 unspecified atom stereocenters. The Morgan fingerprint density at radius 3 is 2.48 bits per heavy atom. The lowest BCUT2D eigenvalue weighted by Gasteiger charge is -2.27. The van der Waals surface area contributed by atoms with Gasteiger partial charge in [-0.1, -0.05) is 0 Å². The van der Waals surface area contributed by atoms with Crippen LogP contribution in [0.2, 0.25) is 0 Å². The first kappa shape index (κ1) is 17.0. The molecule has 2 saturated carbocycles. The zero-order valence-electron chi connectivity index (χ0n) is 12.2. The van der Waals surface area contributed by atoms with Gasteiger partial charge in [-0.25, -0.2) is 0 Å². The van der Waals surface area contributed by atoms with E-state index in [2.05, 4.69) is 4.74 Å². The van der Waals surface area contributed by atoms with Crippen molar-refractivity contribution < 1.29 is 40.8 Å². The van der Waals surface area contributed by atoms with Gasteiger partial charge in [0.15, 0.2) is 6.61 Å². The molecule has 0 spiro atoms. The summed E-state index contributed by atoms with van der Waals surface area (Å²) < 4.78 is 70.7. The maximum Gasteiger partial charge on any atom is 0.402 e. The van der Waals surface area contributed by atoms with Crippen molar-refractivity contribution in [2.45, 2.75) is 36.7 Å². The number of hydrogen-bond acceptors (Lipinski definition) is 6. The van der Waals surface area contributed by atoms with E-state index in [-0.39, 0.29) is 24.0 Å². The number of fused-ring (bicyclic) bond motifs is 2. The summed E-state index contributed by atoms with van der Waals surface area (Å²) in [5, 5.41) is -4.49. The second-order valence-electron chi connectivity index (χ2n) is 6.38. The molecule has 0 aromatic rings. The van der Waals surface area contributed by atoms with Crippen LogP contribution in [0.3, 0.4) is 0 Å². The lowest BCUT2D eigenvalue weighted by atomic mass is 9.87. The van der Waals surface area contributed by atoms with Crippen LogP contribution in [0.15, 0.2) is 0 Å². The van der Waals surface area contributed by atoms with Crippen LogP contribution in [0, 0.1) is 17.8 Å². The maximum absolute atomic E-state index is 13.1. The van der Waals surface area contributed by atoms with E-state index < -0.39 is 33.9 Å². The quantitative estimate of drug-likeness (QED) is 0.410. The van der Waals surface area contributed by atoms with Crippen LogP contribution in [0.1, 0.15) is 19.3 Å². The van der Waals surface area contributed by atoms with Gasteiger partial charge in [-0.3, -0.25) is 9.35 Å². The average molecular weight is 356 g/mol. The van der Waals surface area contributed by atoms with E-state index in [0.717, 1.165) is 6.42 Å². The van der Waals surface area contributed by atoms with E-state index in [9.17, 15) is 22.0 Å². The summed E-state index contributed by atoms with van der Waals surface area (Å²) in [6.45, 7) is -0.432. The minimum atomic E-state index is -5.59. The number of rotatable bonds is 7. The molecule has 5 atom stereocenters. The van der Waals surface area contributed by atoms with E-state index in [1.54, 1.807) is 0 Å². The lowest BCUT2D eigenvalue weighted by Crippen LogP contribution is -2.37. The Kier molecular flexibility index (Phi) is 4.36. The van der Waals surface area contributed by atoms with Gasteiger partial charge < -0.3 is 14.2 Å². The number of esters is 1. The first-order valence-electron chi connectivity index (χ1n) is 7.42. The molecular weight excluding hydrogens is 338 g/mol. The van der Waals surface area contributed by atoms with Crippen LogP contribution in [-0.4, -0.2) is 56.2 Å². The number of carbonyl (C=O) groups excluding carboxylic acids is 1. The summed E-state index contributed by atoms with van der Waals surface area (Å²) >= 11 is 0. The molecule has 7 nitrogen and oxygen atoms in total. The van der Waals surface area contributed by atoms with E-state index in [1.807, 2.05) is 0 Å². The summed E-state index contributed by atoms with van der Waals surface area (Å²) in [4.78, 5) is 11.9. The van der Waals surface area contributed by atoms with Crippen LogP contribution < -0.4 is 0 Å². The van der Waals surface area contributed by atoms with Gasteiger partial charge in [0.05, 0.1) is 25.2 Å². The summed E-state index contributed by atoms with van der Waals surface area (Å²) in [7, 11) is -5.59. The highest BCUT2D eigenvalue weighted by molar-refractivity contribution is 7.86. The summed E-state index contributed by atoms with van der Waals surface area (Å²) in [6, 6.07) is 0. The molecule has 1 heterocycles. The predicted molar refractivity (Wildman–Crippen MR) is 71.3 cm³/mol. The van der Waals surface area contributed by atoms with Crippen molar-refractivity contribution in [3.05, 3.63) is 0 Å². The van der Waals surface area contributed by atoms with E-state index in [0.29, 0.717) is 26.1 Å². The van der Waals surface area contributed by atoms with Crippen LogP contribution in [0.4, 0.5) is 8.78 Å². The highest BCUT2D eigenvalue weighted by Gasteiger charge is 2.51. The molecule has 1 N–H and O–H groups in total. The fraction of sp³-hybridized carbons (Fsp3) is 0.923. The molecule has 2 bridgehead atoms. The largest absolute Gasteiger partial charge is 0.458 e. The lowest BCUT2D eigenvalue weighted by molar-refractivity contribution is -0.157. The van der Waals surface area contributed by atoms with Gasteiger partial charge >= 0.3 is 21.3 Å². The molecule has 0 radical (unpaired) electrons. The van der Waals surface area contributed by atoms with Gasteiger partial charge in [0.2, 0.25) is 0 Å². The van der Waals surface area contributed by atoms with Crippen molar-refractivity contribution >= 4 is 16.1 Å². The fourth-order valence-electron chi connectivity index (χ4n) is 3.45. The summed E-state index contributed by atoms with van der Waals surface area (Å²) in [5.74, 6) is -1.19. The van der Waals surface area contributed by atoms with Gasteiger partial charge in [-0.05, 0) is 31.1 Å². The highest BCUT2D eigenvalue weighted by Crippen LogP contribution is 2.50. The normalized spacial score (nSPS) is 36.2. The monoisotopic (exact) mass is 356 g/mol. The standard InChI is InChI=1S/C13H18F2O7S/c14-13(15,23(17,18)19)6-22-12(16)10-2-8-1-7(10)3-11(8)21-5-9-4-20-9/h7-11H,1-6H2,(H,17,18,19). The first-order chi connectivity index (χ1) is 10.7. The minimum Gasteiger partial charge on any atom is -0.458 e. The number of alkyl halides is 2. The molecule has 1 aliphatic heterocycles. The molecule has 3 fully saturated rings. The second-order valence-corrected chi connectivity index (χ2v) is 7.93. The molecule has 3 rings (SSSR count). The molecule has 3 aliphatic rings. The molecule has 0 amide bonds. The van der Waals surface area contributed by atoms with Crippen LogP contribution in [0.5, 0.6) is 0 Å². The zero-order chi connectivity index (χ0) is 16.8. The van der Waals surface area contributed by atoms with Crippen molar-refractivity contribution in [2.75, 3.05) is 19.8 Å². The number of halogens is 2. The first-order valence-corrected chi connectivity index (χ1v) is 8.86. The van der Waals surface area contributed by atoms with Gasteiger partial charge in [-0.15, -0.1) is 0 Å². The van der Waals surface area contributed by atoms with E-state index in [1.165, 1.54) is 0 Å². The molecule has 2 aliphatic carbocycles. The van der Waals surface area contributed by atoms with Crippen molar-refractivity contribution in [3.8, 4) is 0 Å². The topological polar surface area (TPSA) is 102 Å². The predicted octanol–water partition coefficient (Wildman–Crippen LogP) is 0.840. The Bertz CT molecular complexity index is 575. The maximum atomic E-state index is 13.1. The molecule has 0 aromatic heterocycles. The molecule has 132 valence electrons. The van der Waals surface area contributed by atoms with Crippen molar-refractivity contribution in [3.63, 3.8) is 0 Å². The molecule has 0 aromatic carbocycles. The number of carbonyl (C=O) groups is 1. The Labute approximate surface area is 132 Å². The number of hydrogen-bond donors (Lipinski definition) is 1. The molecule has 23 heavy (non-hydrogen) atoms. The third-order valence-electron chi connectivity index (χ3n) is 4.75. The van der Waals surface area contributed by atoms with Crippen molar-refractivity contribution in [1.82, 2.24) is 0 Å². The summed E-state index contributed by atoms with van der Waals surface area (Å²) in [5.41, 5.74) is 0. The van der Waals surface area contributed by atoms with Crippen LogP contribution in [-0.2, 0) is 29.1 Å². The molecule has 1 saturated heterocycles. The minimum absolute atomic E-state index is 0.00280. The van der Waals surface area contributed by atoms with Gasteiger partial charge in [0.1, 0.15) is 6.10 Å². The number of epoxide rings is 1. The SMILES string of the molecule is O=C(OCC(F)(F)S(=O)(=O)O)C1CC2CC1CC2OCC1CO1. The van der Waals surface area contributed by atoms with E-state index in [4.69, 9.17) is 14.0 Å². The molecular formula is C13H18F2O7S. The van der Waals surface area contributed by atoms with E-state index >= 15 is 0 Å². The van der Waals surface area contributed by atoms with Crippen molar-refractivity contribution in [1.29, 1.82) is 0 Å². The Morgan fingerprint density at radius 2 is 1.96 bits per heavy atom. The third kappa shape index (κ3) is 3.65. The zero-order valence-corrected chi connectivity index (χ0v) is 13.0. The van der Waals surface area contributed by atoms with Gasteiger partial charge in [-0.2, -0.15) is 17.2 Å². The Hall–Kier alpha value is -0.840. The van der Waals surface area contributed by atoms with Crippen molar-refractivity contribution in [2.24, 2.45) is 17.8 Å². The van der Waals surface area contributed by atoms with Gasteiger partial charge in [0.25, 0.3) is 0 Å². The Balaban J connectivity index is 1.47. The fourth-order valence-corrected chi connectivity index (χ4v) is 3.66. The molecule has 10 heteroatoms. The second kappa shape index (κ2) is 5.91. The smallest absolute Gasteiger partial charge is 0.402 e. The average Bonchev–Trinajstić information content (AvgIpc) is 3.08.